The largest absolute Gasteiger partial charge is 0.359 e. The molecule has 1 heterocycles. The van der Waals surface area contributed by atoms with E-state index in [1.807, 2.05) is 37.4 Å². The van der Waals surface area contributed by atoms with E-state index in [1.54, 1.807) is 11.9 Å². The molecule has 1 amide bonds. The zero-order chi connectivity index (χ0) is 13.1. The number of rotatable bonds is 4. The molecule has 96 valence electrons. The van der Waals surface area contributed by atoms with E-state index in [0.717, 1.165) is 23.0 Å². The van der Waals surface area contributed by atoms with Gasteiger partial charge in [-0.05, 0) is 12.5 Å². The fourth-order valence-electron chi connectivity index (χ4n) is 2.17. The summed E-state index contributed by atoms with van der Waals surface area (Å²) in [6, 6.07) is 7.95. The van der Waals surface area contributed by atoms with Crippen molar-refractivity contribution < 1.29 is 4.79 Å². The average Bonchev–Trinajstić information content (AvgIpc) is 2.83. The third-order valence-electron chi connectivity index (χ3n) is 3.39. The van der Waals surface area contributed by atoms with Crippen molar-refractivity contribution in [3.05, 3.63) is 30.5 Å². The van der Waals surface area contributed by atoms with Crippen LogP contribution < -0.4 is 10.6 Å². The third kappa shape index (κ3) is 2.11. The van der Waals surface area contributed by atoms with Crippen molar-refractivity contribution in [2.75, 3.05) is 18.5 Å². The highest BCUT2D eigenvalue weighted by Crippen LogP contribution is 2.26. The van der Waals surface area contributed by atoms with Gasteiger partial charge in [0.05, 0.1) is 11.6 Å². The number of nitrogens with two attached hydrogens (primary N) is 1. The highest BCUT2D eigenvalue weighted by atomic mass is 16.2. The number of H-pyrrole nitrogens is 1. The van der Waals surface area contributed by atoms with Gasteiger partial charge in [0.2, 0.25) is 5.91 Å². The van der Waals surface area contributed by atoms with E-state index in [-0.39, 0.29) is 11.8 Å². The topological polar surface area (TPSA) is 62.1 Å². The van der Waals surface area contributed by atoms with E-state index in [9.17, 15) is 4.79 Å². The Morgan fingerprint density at radius 1 is 1.44 bits per heavy atom. The molecule has 1 aromatic heterocycles. The number of aromatic amines is 1. The fraction of sp³-hybridized carbons (Fsp3) is 0.357. The molecular weight excluding hydrogens is 226 g/mol. The van der Waals surface area contributed by atoms with Crippen LogP contribution in [0.4, 0.5) is 5.69 Å². The van der Waals surface area contributed by atoms with Crippen LogP contribution in [0, 0.1) is 5.92 Å². The average molecular weight is 245 g/mol. The van der Waals surface area contributed by atoms with Crippen molar-refractivity contribution in [2.45, 2.75) is 13.3 Å². The van der Waals surface area contributed by atoms with Crippen LogP contribution in [0.15, 0.2) is 30.5 Å². The van der Waals surface area contributed by atoms with Gasteiger partial charge < -0.3 is 15.6 Å². The molecule has 0 saturated heterocycles. The van der Waals surface area contributed by atoms with Crippen molar-refractivity contribution in [1.29, 1.82) is 0 Å². The van der Waals surface area contributed by atoms with E-state index in [1.165, 1.54) is 0 Å². The van der Waals surface area contributed by atoms with Crippen LogP contribution in [-0.2, 0) is 4.79 Å². The molecule has 0 radical (unpaired) electrons. The highest BCUT2D eigenvalue weighted by molar-refractivity contribution is 6.03. The maximum Gasteiger partial charge on any atom is 0.231 e. The van der Waals surface area contributed by atoms with Crippen LogP contribution >= 0.6 is 0 Å². The second-order valence-corrected chi connectivity index (χ2v) is 4.46. The summed E-state index contributed by atoms with van der Waals surface area (Å²) in [5, 5.41) is 1.06. The second kappa shape index (κ2) is 5.23. The van der Waals surface area contributed by atoms with E-state index in [0.29, 0.717) is 6.54 Å². The maximum absolute atomic E-state index is 12.3. The smallest absolute Gasteiger partial charge is 0.231 e. The molecule has 2 aromatic rings. The Balaban J connectivity index is 2.33. The summed E-state index contributed by atoms with van der Waals surface area (Å²) >= 11 is 0. The molecule has 0 saturated carbocycles. The first-order valence-electron chi connectivity index (χ1n) is 6.22. The Kier molecular flexibility index (Phi) is 3.67. The number of aromatic nitrogens is 1. The van der Waals surface area contributed by atoms with Crippen molar-refractivity contribution in [3.8, 4) is 0 Å². The molecule has 1 aromatic carbocycles. The number of para-hydroxylation sites is 1. The van der Waals surface area contributed by atoms with Crippen molar-refractivity contribution in [1.82, 2.24) is 4.98 Å². The van der Waals surface area contributed by atoms with Gasteiger partial charge in [-0.25, -0.2) is 0 Å². The molecule has 0 aliphatic rings. The number of carbonyl (C=O) groups excluding carboxylic acids is 1. The minimum atomic E-state index is -0.108. The minimum absolute atomic E-state index is 0.0738. The molecule has 0 fully saturated rings. The number of amides is 1. The zero-order valence-electron chi connectivity index (χ0n) is 10.8. The van der Waals surface area contributed by atoms with E-state index in [2.05, 4.69) is 4.98 Å². The summed E-state index contributed by atoms with van der Waals surface area (Å²) in [7, 11) is 1.80. The van der Waals surface area contributed by atoms with Gasteiger partial charge in [-0.3, -0.25) is 4.79 Å². The molecule has 0 aliphatic carbocycles. The molecule has 4 heteroatoms. The van der Waals surface area contributed by atoms with Crippen LogP contribution in [0.1, 0.15) is 13.3 Å². The molecule has 1 atom stereocenters. The lowest BCUT2D eigenvalue weighted by Crippen LogP contribution is -2.36. The van der Waals surface area contributed by atoms with Gasteiger partial charge in [-0.15, -0.1) is 0 Å². The summed E-state index contributed by atoms with van der Waals surface area (Å²) in [5.41, 5.74) is 7.57. The Hall–Kier alpha value is -1.81. The van der Waals surface area contributed by atoms with Crippen molar-refractivity contribution >= 4 is 22.5 Å². The Bertz CT molecular complexity index is 543. The van der Waals surface area contributed by atoms with Gasteiger partial charge in [0, 0.05) is 30.7 Å². The van der Waals surface area contributed by atoms with Gasteiger partial charge in [0.25, 0.3) is 0 Å². The summed E-state index contributed by atoms with van der Waals surface area (Å²) in [6.07, 6.45) is 2.63. The number of benzene rings is 1. The SMILES string of the molecule is CCC(CN)C(=O)N(C)c1c[nH]c2ccccc12. The molecule has 1 unspecified atom stereocenters. The molecular formula is C14H19N3O. The summed E-state index contributed by atoms with van der Waals surface area (Å²) in [5.74, 6) is -0.0339. The Labute approximate surface area is 107 Å². The van der Waals surface area contributed by atoms with E-state index < -0.39 is 0 Å². The van der Waals surface area contributed by atoms with Crippen LogP contribution in [0.25, 0.3) is 10.9 Å². The minimum Gasteiger partial charge on any atom is -0.359 e. The monoisotopic (exact) mass is 245 g/mol. The van der Waals surface area contributed by atoms with Crippen LogP contribution in [-0.4, -0.2) is 24.5 Å². The van der Waals surface area contributed by atoms with Crippen LogP contribution in [0.3, 0.4) is 0 Å². The molecule has 3 N–H and O–H groups in total. The highest BCUT2D eigenvalue weighted by Gasteiger charge is 2.21. The van der Waals surface area contributed by atoms with Crippen molar-refractivity contribution in [3.63, 3.8) is 0 Å². The van der Waals surface area contributed by atoms with Gasteiger partial charge in [-0.2, -0.15) is 0 Å². The first-order valence-corrected chi connectivity index (χ1v) is 6.22. The zero-order valence-corrected chi connectivity index (χ0v) is 10.8. The number of nitrogens with one attached hydrogen (secondary N) is 1. The van der Waals surface area contributed by atoms with Gasteiger partial charge >= 0.3 is 0 Å². The quantitative estimate of drug-likeness (QED) is 0.866. The molecule has 18 heavy (non-hydrogen) atoms. The van der Waals surface area contributed by atoms with Crippen molar-refractivity contribution in [2.24, 2.45) is 11.7 Å². The van der Waals surface area contributed by atoms with Crippen LogP contribution in [0.5, 0.6) is 0 Å². The first-order chi connectivity index (χ1) is 8.69. The lowest BCUT2D eigenvalue weighted by atomic mass is 10.1. The number of carbonyl (C=O) groups is 1. The third-order valence-corrected chi connectivity index (χ3v) is 3.39. The number of nitrogens with zero attached hydrogens (tertiary/aromatic N) is 1. The second-order valence-electron chi connectivity index (χ2n) is 4.46. The lowest BCUT2D eigenvalue weighted by Gasteiger charge is -2.21. The molecule has 0 bridgehead atoms. The predicted octanol–water partition coefficient (Wildman–Crippen LogP) is 2.12. The number of fused-ring (bicyclic) bond motifs is 1. The Morgan fingerprint density at radius 3 is 2.83 bits per heavy atom. The standard InChI is InChI=1S/C14H19N3O/c1-3-10(8-15)14(18)17(2)13-9-16-12-7-5-4-6-11(12)13/h4-7,9-10,16H,3,8,15H2,1-2H3. The van der Waals surface area contributed by atoms with Gasteiger partial charge in [-0.1, -0.05) is 25.1 Å². The number of hydrogen-bond acceptors (Lipinski definition) is 2. The fourth-order valence-corrected chi connectivity index (χ4v) is 2.17. The molecule has 0 spiro atoms. The number of anilines is 1. The summed E-state index contributed by atoms with van der Waals surface area (Å²) < 4.78 is 0. The lowest BCUT2D eigenvalue weighted by molar-refractivity contribution is -0.121. The molecule has 4 nitrogen and oxygen atoms in total. The first kappa shape index (κ1) is 12.6. The molecule has 2 rings (SSSR count). The van der Waals surface area contributed by atoms with Gasteiger partial charge in [0.15, 0.2) is 0 Å². The predicted molar refractivity (Wildman–Crippen MR) is 74.5 cm³/mol. The van der Waals surface area contributed by atoms with Crippen LogP contribution in [0.2, 0.25) is 0 Å². The normalized spacial score (nSPS) is 12.6. The van der Waals surface area contributed by atoms with E-state index in [4.69, 9.17) is 5.73 Å². The number of hydrogen-bond donors (Lipinski definition) is 2. The Morgan fingerprint density at radius 2 is 2.17 bits per heavy atom. The van der Waals surface area contributed by atoms with E-state index >= 15 is 0 Å². The molecule has 0 aliphatic heterocycles. The van der Waals surface area contributed by atoms with Gasteiger partial charge in [0.1, 0.15) is 0 Å². The summed E-state index contributed by atoms with van der Waals surface area (Å²) in [6.45, 7) is 2.38. The maximum atomic E-state index is 12.3. The summed E-state index contributed by atoms with van der Waals surface area (Å²) in [4.78, 5) is 17.1.